The van der Waals surface area contributed by atoms with Crippen molar-refractivity contribution in [2.45, 2.75) is 6.42 Å². The van der Waals surface area contributed by atoms with Crippen LogP contribution in [0.15, 0.2) is 55.4 Å². The molecule has 1 aliphatic heterocycles. The molecule has 5 aromatic rings. The topological polar surface area (TPSA) is 130 Å². The third-order valence-corrected chi connectivity index (χ3v) is 5.99. The lowest BCUT2D eigenvalue weighted by Crippen LogP contribution is -2.21. The number of fused-ring (bicyclic) bond motifs is 2. The van der Waals surface area contributed by atoms with Crippen molar-refractivity contribution in [2.24, 2.45) is 5.92 Å². The highest BCUT2D eigenvalue weighted by atomic mass is 35.5. The minimum Gasteiger partial charge on any atom is -0.456 e. The van der Waals surface area contributed by atoms with Crippen molar-refractivity contribution in [1.82, 2.24) is 34.5 Å². The minimum atomic E-state index is -0.0138. The molecule has 0 radical (unpaired) electrons. The van der Waals surface area contributed by atoms with Crippen LogP contribution in [0, 0.1) is 17.2 Å². The van der Waals surface area contributed by atoms with Crippen molar-refractivity contribution < 1.29 is 4.74 Å². The molecule has 11 nitrogen and oxygen atoms in total. The van der Waals surface area contributed by atoms with Crippen LogP contribution in [0.1, 0.15) is 6.42 Å². The molecule has 4 aromatic heterocycles. The Morgan fingerprint density at radius 2 is 2.06 bits per heavy atom. The van der Waals surface area contributed by atoms with Crippen LogP contribution >= 0.6 is 11.6 Å². The molecule has 6 rings (SSSR count). The van der Waals surface area contributed by atoms with Crippen molar-refractivity contribution in [3.63, 3.8) is 0 Å². The molecule has 1 N–H and O–H groups in total. The van der Waals surface area contributed by atoms with Gasteiger partial charge in [-0.1, -0.05) is 11.6 Å². The molecule has 0 spiro atoms. The first-order valence-corrected chi connectivity index (χ1v) is 11.2. The predicted octanol–water partition coefficient (Wildman–Crippen LogP) is 4.00. The predicted molar refractivity (Wildman–Crippen MR) is 129 cm³/mol. The van der Waals surface area contributed by atoms with Crippen molar-refractivity contribution in [2.75, 3.05) is 23.3 Å². The number of ether oxygens (including phenoxy) is 1. The molecule has 1 saturated heterocycles. The van der Waals surface area contributed by atoms with Crippen LogP contribution in [0.25, 0.3) is 16.7 Å². The molecule has 1 aliphatic rings. The highest BCUT2D eigenvalue weighted by molar-refractivity contribution is 6.32. The zero-order valence-electron chi connectivity index (χ0n) is 18.2. The summed E-state index contributed by atoms with van der Waals surface area (Å²) in [5.74, 6) is 2.16. The molecule has 1 atom stereocenters. The van der Waals surface area contributed by atoms with Gasteiger partial charge in [0.25, 0.3) is 0 Å². The number of nitrogens with zero attached hydrogens (tertiary/aromatic N) is 9. The van der Waals surface area contributed by atoms with Crippen molar-refractivity contribution in [3.05, 3.63) is 60.4 Å². The van der Waals surface area contributed by atoms with Crippen LogP contribution < -0.4 is 15.0 Å². The number of hydrogen-bond acceptors (Lipinski definition) is 10. The number of halogens is 1. The van der Waals surface area contributed by atoms with Gasteiger partial charge >= 0.3 is 0 Å². The lowest BCUT2D eigenvalue weighted by molar-refractivity contribution is 0.482. The maximum absolute atomic E-state index is 9.19. The summed E-state index contributed by atoms with van der Waals surface area (Å²) in [6.45, 7) is 1.35. The first-order chi connectivity index (χ1) is 17.2. The second-order valence-corrected chi connectivity index (χ2v) is 8.39. The van der Waals surface area contributed by atoms with Gasteiger partial charge in [-0.25, -0.2) is 29.4 Å². The summed E-state index contributed by atoms with van der Waals surface area (Å²) in [6.07, 6.45) is 7.16. The molecule has 12 heteroatoms. The normalized spacial score (nSPS) is 15.4. The average molecular weight is 485 g/mol. The fraction of sp³-hybridized carbons (Fsp3) is 0.174. The summed E-state index contributed by atoms with van der Waals surface area (Å²) in [6, 6.07) is 11.2. The van der Waals surface area contributed by atoms with Gasteiger partial charge in [0.2, 0.25) is 5.95 Å². The highest BCUT2D eigenvalue weighted by Gasteiger charge is 2.24. The van der Waals surface area contributed by atoms with Crippen LogP contribution in [0.3, 0.4) is 0 Å². The lowest BCUT2D eigenvalue weighted by atomic mass is 10.1. The first kappa shape index (κ1) is 21.0. The fourth-order valence-electron chi connectivity index (χ4n) is 3.92. The molecule has 0 aliphatic carbocycles. The van der Waals surface area contributed by atoms with Crippen molar-refractivity contribution >= 4 is 45.7 Å². The largest absolute Gasteiger partial charge is 0.456 e. The molecule has 172 valence electrons. The number of aromatic nitrogens is 7. The Morgan fingerprint density at radius 1 is 1.11 bits per heavy atom. The Morgan fingerprint density at radius 3 is 2.91 bits per heavy atom. The SMILES string of the molecule is N#CC1CCN(c2ncc3ncnc(Nc4ccc(Oc5ccn6ncnc6c5)c(Cl)c4)c3n2)C1. The first-order valence-electron chi connectivity index (χ1n) is 10.8. The fourth-order valence-corrected chi connectivity index (χ4v) is 4.14. The number of hydrogen-bond donors (Lipinski definition) is 1. The van der Waals surface area contributed by atoms with Gasteiger partial charge in [-0.15, -0.1) is 0 Å². The second-order valence-electron chi connectivity index (χ2n) is 7.98. The zero-order chi connectivity index (χ0) is 23.8. The van der Waals surface area contributed by atoms with Gasteiger partial charge < -0.3 is 15.0 Å². The van der Waals surface area contributed by atoms with Crippen molar-refractivity contribution in [1.29, 1.82) is 5.26 Å². The van der Waals surface area contributed by atoms with Gasteiger partial charge in [0, 0.05) is 31.0 Å². The molecule has 0 bridgehead atoms. The maximum Gasteiger partial charge on any atom is 0.226 e. The van der Waals surface area contributed by atoms with E-state index in [-0.39, 0.29) is 5.92 Å². The molecular formula is C23H17ClN10O. The third-order valence-electron chi connectivity index (χ3n) is 5.69. The van der Waals surface area contributed by atoms with Crippen LogP contribution in [0.4, 0.5) is 17.5 Å². The van der Waals surface area contributed by atoms with Crippen LogP contribution in [-0.2, 0) is 0 Å². The van der Waals surface area contributed by atoms with Gasteiger partial charge in [0.15, 0.2) is 11.5 Å². The van der Waals surface area contributed by atoms with E-state index in [1.807, 2.05) is 11.0 Å². The smallest absolute Gasteiger partial charge is 0.226 e. The van der Waals surface area contributed by atoms with Gasteiger partial charge in [0.05, 0.1) is 23.2 Å². The number of nitrogens with one attached hydrogen (secondary N) is 1. The summed E-state index contributed by atoms with van der Waals surface area (Å²) in [7, 11) is 0. The van der Waals surface area contributed by atoms with E-state index >= 15 is 0 Å². The van der Waals surface area contributed by atoms with E-state index in [0.29, 0.717) is 57.2 Å². The molecule has 0 saturated carbocycles. The van der Waals surface area contributed by atoms with Crippen LogP contribution in [0.2, 0.25) is 5.02 Å². The number of anilines is 3. The Bertz CT molecular complexity index is 1600. The molecule has 35 heavy (non-hydrogen) atoms. The van der Waals surface area contributed by atoms with E-state index in [2.05, 4.69) is 41.4 Å². The van der Waals surface area contributed by atoms with Crippen LogP contribution in [0.5, 0.6) is 11.5 Å². The van der Waals surface area contributed by atoms with Gasteiger partial charge in [0.1, 0.15) is 35.2 Å². The highest BCUT2D eigenvalue weighted by Crippen LogP contribution is 2.33. The van der Waals surface area contributed by atoms with Gasteiger partial charge in [-0.05, 0) is 30.7 Å². The molecular weight excluding hydrogens is 468 g/mol. The molecule has 0 amide bonds. The van der Waals surface area contributed by atoms with E-state index in [4.69, 9.17) is 16.3 Å². The Hall–Kier alpha value is -4.56. The summed E-state index contributed by atoms with van der Waals surface area (Å²) in [5, 5.41) is 17.0. The maximum atomic E-state index is 9.19. The molecule has 5 heterocycles. The quantitative estimate of drug-likeness (QED) is 0.390. The molecule has 1 fully saturated rings. The number of pyridine rings is 1. The average Bonchev–Trinajstić information content (AvgIpc) is 3.55. The Balaban J connectivity index is 1.25. The third kappa shape index (κ3) is 4.11. The number of benzene rings is 1. The summed E-state index contributed by atoms with van der Waals surface area (Å²) in [5.41, 5.74) is 2.57. The van der Waals surface area contributed by atoms with Crippen molar-refractivity contribution in [3.8, 4) is 17.6 Å². The Labute approximate surface area is 204 Å². The molecule has 1 aromatic carbocycles. The van der Waals surface area contributed by atoms with Gasteiger partial charge in [-0.3, -0.25) is 0 Å². The van der Waals surface area contributed by atoms with Gasteiger partial charge in [-0.2, -0.15) is 10.4 Å². The van der Waals surface area contributed by atoms with E-state index in [0.717, 1.165) is 13.0 Å². The van der Waals surface area contributed by atoms with Crippen LogP contribution in [-0.4, -0.2) is 47.6 Å². The minimum absolute atomic E-state index is 0.0138. The zero-order valence-corrected chi connectivity index (χ0v) is 19.0. The number of rotatable bonds is 5. The summed E-state index contributed by atoms with van der Waals surface area (Å²) >= 11 is 6.51. The summed E-state index contributed by atoms with van der Waals surface area (Å²) < 4.78 is 7.58. The number of nitriles is 1. The Kier molecular flexibility index (Phi) is 5.20. The second kappa shape index (κ2) is 8.66. The summed E-state index contributed by atoms with van der Waals surface area (Å²) in [4.78, 5) is 23.9. The monoisotopic (exact) mass is 484 g/mol. The lowest BCUT2D eigenvalue weighted by Gasteiger charge is -2.16. The molecule has 1 unspecified atom stereocenters. The van der Waals surface area contributed by atoms with E-state index < -0.39 is 0 Å². The standard InChI is InChI=1S/C23H17ClN10O/c24-17-7-15(1-2-19(17)35-16-4-6-34-20(8-16)28-13-30-34)31-22-21-18(27-12-29-22)10-26-23(32-21)33-5-3-14(9-25)11-33/h1-2,4,6-8,10,12-14H,3,5,11H2,(H,27,29,31). The van der Waals surface area contributed by atoms with E-state index in [1.165, 1.54) is 12.7 Å². The van der Waals surface area contributed by atoms with E-state index in [1.54, 1.807) is 41.2 Å². The van der Waals surface area contributed by atoms with E-state index in [9.17, 15) is 5.26 Å².